The first-order chi connectivity index (χ1) is 13.1. The van der Waals surface area contributed by atoms with Crippen molar-refractivity contribution in [3.05, 3.63) is 35.8 Å². The summed E-state index contributed by atoms with van der Waals surface area (Å²) in [5, 5.41) is 2.41. The van der Waals surface area contributed by atoms with E-state index in [0.717, 1.165) is 22.7 Å². The number of nitrogens with one attached hydrogen (secondary N) is 1. The fourth-order valence-electron chi connectivity index (χ4n) is 2.58. The van der Waals surface area contributed by atoms with Gasteiger partial charge in [-0.25, -0.2) is 23.9 Å². The van der Waals surface area contributed by atoms with Crippen LogP contribution in [0.5, 0.6) is 0 Å². The van der Waals surface area contributed by atoms with E-state index < -0.39 is 29.6 Å². The smallest absolute Gasteiger partial charge is 0.413 e. The maximum atomic E-state index is 14.4. The lowest BCUT2D eigenvalue weighted by molar-refractivity contribution is 0.0520. The van der Waals surface area contributed by atoms with E-state index >= 15 is 0 Å². The summed E-state index contributed by atoms with van der Waals surface area (Å²) < 4.78 is 39.7. The molecular formula is C18H18F2N4O4. The lowest BCUT2D eigenvalue weighted by Gasteiger charge is -2.19. The minimum Gasteiger partial charge on any atom is -0.462 e. The van der Waals surface area contributed by atoms with Crippen LogP contribution in [0.1, 0.15) is 38.1 Å². The Balaban J connectivity index is 2.16. The Bertz CT molecular complexity index is 1090. The lowest BCUT2D eigenvalue weighted by Crippen LogP contribution is -2.27. The molecule has 0 fully saturated rings. The first-order valence-corrected chi connectivity index (χ1v) is 8.44. The number of aromatic nitrogens is 3. The Hall–Kier alpha value is -3.30. The molecule has 148 valence electrons. The Kier molecular flexibility index (Phi) is 4.88. The Morgan fingerprint density at radius 1 is 1.21 bits per heavy atom. The van der Waals surface area contributed by atoms with Gasteiger partial charge in [-0.2, -0.15) is 4.39 Å². The highest BCUT2D eigenvalue weighted by Crippen LogP contribution is 2.26. The predicted molar refractivity (Wildman–Crippen MR) is 96.2 cm³/mol. The van der Waals surface area contributed by atoms with E-state index in [2.05, 4.69) is 15.3 Å². The number of benzene rings is 1. The van der Waals surface area contributed by atoms with E-state index in [9.17, 15) is 18.4 Å². The lowest BCUT2D eigenvalue weighted by atomic mass is 10.1. The summed E-state index contributed by atoms with van der Waals surface area (Å²) in [6, 6.07) is 2.09. The number of rotatable bonds is 3. The van der Waals surface area contributed by atoms with Crippen LogP contribution in [-0.2, 0) is 9.47 Å². The molecule has 2 heterocycles. The average molecular weight is 392 g/mol. The summed E-state index contributed by atoms with van der Waals surface area (Å²) in [7, 11) is 0. The molecule has 1 amide bonds. The summed E-state index contributed by atoms with van der Waals surface area (Å²) in [5.74, 6) is -1.84. The number of fused-ring (bicyclic) bond motifs is 3. The molecule has 0 saturated carbocycles. The number of hydrogen-bond acceptors (Lipinski definition) is 6. The van der Waals surface area contributed by atoms with Gasteiger partial charge in [0, 0.05) is 6.07 Å². The molecule has 0 aliphatic rings. The van der Waals surface area contributed by atoms with Crippen LogP contribution in [0.2, 0.25) is 0 Å². The number of ether oxygens (including phenoxy) is 2. The maximum Gasteiger partial charge on any atom is 0.413 e. The predicted octanol–water partition coefficient (Wildman–Crippen LogP) is 3.68. The molecule has 0 unspecified atom stereocenters. The summed E-state index contributed by atoms with van der Waals surface area (Å²) in [6.45, 7) is 6.69. The number of anilines is 1. The van der Waals surface area contributed by atoms with Crippen molar-refractivity contribution in [1.82, 2.24) is 14.4 Å². The number of carbonyl (C=O) groups is 2. The number of esters is 1. The highest BCUT2D eigenvalue weighted by atomic mass is 19.1. The van der Waals surface area contributed by atoms with Gasteiger partial charge in [-0.15, -0.1) is 0 Å². The molecule has 0 atom stereocenters. The number of amides is 1. The van der Waals surface area contributed by atoms with Crippen LogP contribution < -0.4 is 5.32 Å². The zero-order chi connectivity index (χ0) is 20.6. The second kappa shape index (κ2) is 7.02. The van der Waals surface area contributed by atoms with Crippen molar-refractivity contribution < 1.29 is 27.8 Å². The van der Waals surface area contributed by atoms with Gasteiger partial charge in [-0.1, -0.05) is 0 Å². The zero-order valence-corrected chi connectivity index (χ0v) is 15.7. The van der Waals surface area contributed by atoms with Gasteiger partial charge in [0.05, 0.1) is 29.4 Å². The van der Waals surface area contributed by atoms with Crippen molar-refractivity contribution in [2.24, 2.45) is 0 Å². The van der Waals surface area contributed by atoms with Crippen molar-refractivity contribution in [3.63, 3.8) is 0 Å². The number of carbonyl (C=O) groups excluding carboxylic acids is 2. The molecule has 2 aromatic heterocycles. The van der Waals surface area contributed by atoms with Crippen molar-refractivity contribution in [1.29, 1.82) is 0 Å². The first-order valence-electron chi connectivity index (χ1n) is 8.44. The molecule has 3 rings (SSSR count). The third kappa shape index (κ3) is 3.71. The molecular weight excluding hydrogens is 374 g/mol. The van der Waals surface area contributed by atoms with Crippen molar-refractivity contribution in [3.8, 4) is 0 Å². The normalized spacial score (nSPS) is 11.6. The van der Waals surface area contributed by atoms with E-state index in [1.165, 1.54) is 0 Å². The monoisotopic (exact) mass is 392 g/mol. The molecule has 3 aromatic rings. The minimum absolute atomic E-state index is 0.000933. The topological polar surface area (TPSA) is 94.8 Å². The fraction of sp³-hybridized carbons (Fsp3) is 0.333. The highest BCUT2D eigenvalue weighted by molar-refractivity contribution is 5.97. The molecule has 1 N–H and O–H groups in total. The van der Waals surface area contributed by atoms with Crippen molar-refractivity contribution >= 4 is 34.4 Å². The van der Waals surface area contributed by atoms with Gasteiger partial charge in [-0.3, -0.25) is 9.72 Å². The molecule has 28 heavy (non-hydrogen) atoms. The van der Waals surface area contributed by atoms with Crippen LogP contribution in [-0.4, -0.2) is 38.6 Å². The van der Waals surface area contributed by atoms with Crippen LogP contribution >= 0.6 is 0 Å². The van der Waals surface area contributed by atoms with Gasteiger partial charge in [0.15, 0.2) is 5.82 Å². The molecule has 0 saturated heterocycles. The number of nitrogens with zero attached hydrogens (tertiary/aromatic N) is 3. The molecule has 0 aliphatic heterocycles. The van der Waals surface area contributed by atoms with E-state index in [1.54, 1.807) is 27.7 Å². The molecule has 1 aromatic carbocycles. The van der Waals surface area contributed by atoms with Gasteiger partial charge < -0.3 is 9.47 Å². The third-order valence-electron chi connectivity index (χ3n) is 3.61. The molecule has 0 radical (unpaired) electrons. The van der Waals surface area contributed by atoms with Crippen LogP contribution in [0.25, 0.3) is 16.6 Å². The van der Waals surface area contributed by atoms with Crippen molar-refractivity contribution in [2.75, 3.05) is 11.9 Å². The number of halogens is 2. The van der Waals surface area contributed by atoms with Gasteiger partial charge >= 0.3 is 12.1 Å². The standard InChI is InChI=1S/C18H18F2N4O4/c1-5-27-15(25)9-6-12-11(7-10(9)19)22-14(13-8-21-16(20)24(12)13)23-17(26)28-18(2,3)4/h6-8H,5H2,1-4H3,(H,22,23,26). The second-order valence-corrected chi connectivity index (χ2v) is 6.88. The van der Waals surface area contributed by atoms with E-state index in [4.69, 9.17) is 9.47 Å². The zero-order valence-electron chi connectivity index (χ0n) is 15.7. The largest absolute Gasteiger partial charge is 0.462 e. The van der Waals surface area contributed by atoms with Gasteiger partial charge in [0.1, 0.15) is 16.9 Å². The van der Waals surface area contributed by atoms with Gasteiger partial charge in [-0.05, 0) is 33.8 Å². The molecule has 10 heteroatoms. The summed E-state index contributed by atoms with van der Waals surface area (Å²) in [5.41, 5.74) is -0.926. The van der Waals surface area contributed by atoms with Crippen LogP contribution in [0, 0.1) is 11.9 Å². The SMILES string of the molecule is CCOC(=O)c1cc2c(cc1F)nc(NC(=O)OC(C)(C)C)c1cnc(F)n12. The average Bonchev–Trinajstić information content (AvgIpc) is 2.95. The Morgan fingerprint density at radius 3 is 2.57 bits per heavy atom. The molecule has 0 aliphatic carbocycles. The van der Waals surface area contributed by atoms with Crippen LogP contribution in [0.4, 0.5) is 19.4 Å². The molecule has 0 spiro atoms. The van der Waals surface area contributed by atoms with E-state index in [1.807, 2.05) is 0 Å². The summed E-state index contributed by atoms with van der Waals surface area (Å²) in [4.78, 5) is 31.7. The van der Waals surface area contributed by atoms with E-state index in [-0.39, 0.29) is 34.5 Å². The molecule has 8 nitrogen and oxygen atoms in total. The Morgan fingerprint density at radius 2 is 1.93 bits per heavy atom. The highest BCUT2D eigenvalue weighted by Gasteiger charge is 2.22. The Labute approximate surface area is 158 Å². The first kappa shape index (κ1) is 19.5. The number of hydrogen-bond donors (Lipinski definition) is 1. The number of imidazole rings is 1. The minimum atomic E-state index is -0.920. The fourth-order valence-corrected chi connectivity index (χ4v) is 2.58. The summed E-state index contributed by atoms with van der Waals surface area (Å²) in [6.07, 6.45) is -0.579. The maximum absolute atomic E-state index is 14.4. The van der Waals surface area contributed by atoms with Crippen molar-refractivity contribution in [2.45, 2.75) is 33.3 Å². The van der Waals surface area contributed by atoms with E-state index in [0.29, 0.717) is 0 Å². The second-order valence-electron chi connectivity index (χ2n) is 6.88. The van der Waals surface area contributed by atoms with Gasteiger partial charge in [0.25, 0.3) is 6.08 Å². The van der Waals surface area contributed by atoms with Crippen LogP contribution in [0.15, 0.2) is 18.3 Å². The van der Waals surface area contributed by atoms with Gasteiger partial charge in [0.2, 0.25) is 0 Å². The third-order valence-corrected chi connectivity index (χ3v) is 3.61. The molecule has 0 bridgehead atoms. The van der Waals surface area contributed by atoms with Crippen LogP contribution in [0.3, 0.4) is 0 Å². The quantitative estimate of drug-likeness (QED) is 0.683. The summed E-state index contributed by atoms with van der Waals surface area (Å²) >= 11 is 0.